The number of fused-ring (bicyclic) bond motifs is 1. The highest BCUT2D eigenvalue weighted by Gasteiger charge is 2.36. The van der Waals surface area contributed by atoms with Crippen LogP contribution in [-0.2, 0) is 4.79 Å². The number of carbonyl (C=O) groups is 1. The second kappa shape index (κ2) is 7.13. The van der Waals surface area contributed by atoms with Gasteiger partial charge >= 0.3 is 0 Å². The highest BCUT2D eigenvalue weighted by atomic mass is 16.2. The zero-order valence-corrected chi connectivity index (χ0v) is 13.7. The van der Waals surface area contributed by atoms with Gasteiger partial charge in [-0.25, -0.2) is 0 Å². The molecule has 1 amide bonds. The molecule has 1 N–H and O–H groups in total. The van der Waals surface area contributed by atoms with Gasteiger partial charge in [0.25, 0.3) is 0 Å². The van der Waals surface area contributed by atoms with Gasteiger partial charge in [0.1, 0.15) is 0 Å². The summed E-state index contributed by atoms with van der Waals surface area (Å²) in [5, 5.41) is 3.49. The van der Waals surface area contributed by atoms with Gasteiger partial charge in [0.2, 0.25) is 5.91 Å². The summed E-state index contributed by atoms with van der Waals surface area (Å²) >= 11 is 0. The summed E-state index contributed by atoms with van der Waals surface area (Å²) in [7, 11) is 0. The number of hydrogen-bond donors (Lipinski definition) is 1. The lowest BCUT2D eigenvalue weighted by Crippen LogP contribution is -2.50. The fraction of sp³-hybridized carbons (Fsp3) is 0.944. The van der Waals surface area contributed by atoms with Crippen LogP contribution in [0.1, 0.15) is 64.7 Å². The summed E-state index contributed by atoms with van der Waals surface area (Å²) < 4.78 is 0. The first-order valence-corrected chi connectivity index (χ1v) is 9.26. The van der Waals surface area contributed by atoms with Crippen molar-refractivity contribution in [3.8, 4) is 0 Å². The third-order valence-electron chi connectivity index (χ3n) is 6.20. The summed E-state index contributed by atoms with van der Waals surface area (Å²) in [5.74, 6) is 2.50. The largest absolute Gasteiger partial charge is 0.339 e. The van der Waals surface area contributed by atoms with Crippen LogP contribution < -0.4 is 5.32 Å². The Labute approximate surface area is 129 Å². The first-order valence-electron chi connectivity index (χ1n) is 9.26. The quantitative estimate of drug-likeness (QED) is 0.866. The number of likely N-dealkylation sites (tertiary alicyclic amines) is 1. The van der Waals surface area contributed by atoms with Crippen molar-refractivity contribution in [1.82, 2.24) is 10.2 Å². The third kappa shape index (κ3) is 3.61. The van der Waals surface area contributed by atoms with Gasteiger partial charge in [-0.05, 0) is 69.4 Å². The summed E-state index contributed by atoms with van der Waals surface area (Å²) in [6.07, 6.45) is 11.3. The highest BCUT2D eigenvalue weighted by Crippen LogP contribution is 2.36. The van der Waals surface area contributed by atoms with E-state index in [9.17, 15) is 4.79 Å². The van der Waals surface area contributed by atoms with E-state index in [1.165, 1.54) is 51.4 Å². The lowest BCUT2D eigenvalue weighted by atomic mass is 9.77. The Hall–Kier alpha value is -0.570. The Morgan fingerprint density at radius 2 is 1.95 bits per heavy atom. The van der Waals surface area contributed by atoms with Crippen LogP contribution in [0, 0.1) is 17.8 Å². The monoisotopic (exact) mass is 292 g/mol. The van der Waals surface area contributed by atoms with Gasteiger partial charge in [-0.15, -0.1) is 0 Å². The maximum absolute atomic E-state index is 12.8. The number of hydrogen-bond acceptors (Lipinski definition) is 2. The summed E-state index contributed by atoms with van der Waals surface area (Å²) in [6.45, 7) is 5.58. The minimum atomic E-state index is 0.449. The number of amides is 1. The van der Waals surface area contributed by atoms with Crippen LogP contribution in [0.15, 0.2) is 0 Å². The van der Waals surface area contributed by atoms with E-state index in [0.29, 0.717) is 23.8 Å². The summed E-state index contributed by atoms with van der Waals surface area (Å²) in [4.78, 5) is 15.1. The normalized spacial score (nSPS) is 35.1. The van der Waals surface area contributed by atoms with E-state index < -0.39 is 0 Å². The lowest BCUT2D eigenvalue weighted by molar-refractivity contribution is -0.138. The predicted octanol–water partition coefficient (Wildman–Crippen LogP) is 3.19. The summed E-state index contributed by atoms with van der Waals surface area (Å²) in [6, 6.07) is 0.580. The van der Waals surface area contributed by atoms with Crippen LogP contribution in [0.4, 0.5) is 0 Å². The zero-order valence-electron chi connectivity index (χ0n) is 13.7. The number of nitrogens with one attached hydrogen (secondary N) is 1. The molecular weight excluding hydrogens is 260 g/mol. The molecule has 2 heterocycles. The van der Waals surface area contributed by atoms with Crippen LogP contribution >= 0.6 is 0 Å². The Bertz CT molecular complexity index is 349. The molecule has 1 aliphatic carbocycles. The molecule has 0 spiro atoms. The maximum Gasteiger partial charge on any atom is 0.223 e. The van der Waals surface area contributed by atoms with Crippen molar-refractivity contribution in [1.29, 1.82) is 0 Å². The molecule has 0 aromatic heterocycles. The molecule has 0 aromatic carbocycles. The molecule has 0 bridgehead atoms. The topological polar surface area (TPSA) is 32.3 Å². The van der Waals surface area contributed by atoms with Crippen molar-refractivity contribution < 1.29 is 4.79 Å². The van der Waals surface area contributed by atoms with Crippen LogP contribution in [0.5, 0.6) is 0 Å². The van der Waals surface area contributed by atoms with Crippen molar-refractivity contribution in [2.45, 2.75) is 70.8 Å². The van der Waals surface area contributed by atoms with E-state index in [1.54, 1.807) is 0 Å². The van der Waals surface area contributed by atoms with Gasteiger partial charge in [-0.3, -0.25) is 4.79 Å². The van der Waals surface area contributed by atoms with Crippen LogP contribution in [0.25, 0.3) is 0 Å². The Morgan fingerprint density at radius 3 is 2.76 bits per heavy atom. The third-order valence-corrected chi connectivity index (χ3v) is 6.20. The van der Waals surface area contributed by atoms with Crippen LogP contribution in [0.2, 0.25) is 0 Å². The van der Waals surface area contributed by atoms with Crippen molar-refractivity contribution in [2.24, 2.45) is 17.8 Å². The fourth-order valence-electron chi connectivity index (χ4n) is 4.86. The maximum atomic E-state index is 12.8. The molecule has 0 radical (unpaired) electrons. The summed E-state index contributed by atoms with van der Waals surface area (Å²) in [5.41, 5.74) is 0. The first kappa shape index (κ1) is 15.3. The van der Waals surface area contributed by atoms with Crippen molar-refractivity contribution in [3.05, 3.63) is 0 Å². The molecule has 3 aliphatic rings. The molecule has 120 valence electrons. The van der Waals surface area contributed by atoms with Gasteiger partial charge in [0.05, 0.1) is 0 Å². The average Bonchev–Trinajstić information content (AvgIpc) is 2.55. The van der Waals surface area contributed by atoms with Crippen LogP contribution in [-0.4, -0.2) is 36.5 Å². The molecular formula is C18H32N2O. The standard InChI is InChI=1S/C18H32N2O/c1-14(16-7-4-10-19-13-16)12-18(21)20-11-5-8-15-6-2-3-9-17(15)20/h14-17,19H,2-13H2,1H3. The second-order valence-electron chi connectivity index (χ2n) is 7.63. The van der Waals surface area contributed by atoms with E-state index in [0.717, 1.165) is 32.0 Å². The van der Waals surface area contributed by atoms with E-state index in [2.05, 4.69) is 17.1 Å². The van der Waals surface area contributed by atoms with Crippen molar-refractivity contribution in [2.75, 3.05) is 19.6 Å². The molecule has 3 nitrogen and oxygen atoms in total. The van der Waals surface area contributed by atoms with Crippen LogP contribution in [0.3, 0.4) is 0 Å². The number of nitrogens with zero attached hydrogens (tertiary/aromatic N) is 1. The molecule has 4 unspecified atom stereocenters. The van der Waals surface area contributed by atoms with Gasteiger partial charge in [-0.2, -0.15) is 0 Å². The molecule has 3 rings (SSSR count). The lowest BCUT2D eigenvalue weighted by Gasteiger charge is -2.44. The molecule has 2 aliphatic heterocycles. The van der Waals surface area contributed by atoms with Gasteiger partial charge in [0, 0.05) is 19.0 Å². The predicted molar refractivity (Wildman–Crippen MR) is 86.1 cm³/mol. The number of piperidine rings is 2. The van der Waals surface area contributed by atoms with E-state index in [4.69, 9.17) is 0 Å². The smallest absolute Gasteiger partial charge is 0.223 e. The van der Waals surface area contributed by atoms with Gasteiger partial charge in [0.15, 0.2) is 0 Å². The molecule has 2 saturated heterocycles. The van der Waals surface area contributed by atoms with E-state index in [-0.39, 0.29) is 0 Å². The molecule has 21 heavy (non-hydrogen) atoms. The minimum Gasteiger partial charge on any atom is -0.339 e. The van der Waals surface area contributed by atoms with E-state index >= 15 is 0 Å². The van der Waals surface area contributed by atoms with Crippen molar-refractivity contribution in [3.63, 3.8) is 0 Å². The Morgan fingerprint density at radius 1 is 1.14 bits per heavy atom. The second-order valence-corrected chi connectivity index (χ2v) is 7.63. The fourth-order valence-corrected chi connectivity index (χ4v) is 4.86. The highest BCUT2D eigenvalue weighted by molar-refractivity contribution is 5.77. The van der Waals surface area contributed by atoms with Gasteiger partial charge in [-0.1, -0.05) is 19.8 Å². The number of carbonyl (C=O) groups excluding carboxylic acids is 1. The average molecular weight is 292 g/mol. The first-order chi connectivity index (χ1) is 10.3. The molecule has 4 atom stereocenters. The van der Waals surface area contributed by atoms with E-state index in [1.807, 2.05) is 0 Å². The zero-order chi connectivity index (χ0) is 14.7. The Balaban J connectivity index is 1.56. The molecule has 0 aromatic rings. The minimum absolute atomic E-state index is 0.449. The Kier molecular flexibility index (Phi) is 5.20. The molecule has 3 heteroatoms. The molecule has 3 fully saturated rings. The molecule has 1 saturated carbocycles. The SMILES string of the molecule is CC(CC(=O)N1CCCC2CCCCC21)C1CCCNC1. The van der Waals surface area contributed by atoms with Gasteiger partial charge < -0.3 is 10.2 Å². The van der Waals surface area contributed by atoms with Crippen molar-refractivity contribution >= 4 is 5.91 Å². The number of rotatable bonds is 3.